The zero-order chi connectivity index (χ0) is 18.0. The normalized spacial score (nSPS) is 10.6. The van der Waals surface area contributed by atoms with E-state index in [1.807, 2.05) is 19.1 Å². The Morgan fingerprint density at radius 2 is 1.36 bits per heavy atom. The van der Waals surface area contributed by atoms with Crippen molar-refractivity contribution in [3.8, 4) is 16.9 Å². The molecule has 0 aliphatic carbocycles. The molecular weight excluding hydrogens is 329 g/mol. The fourth-order valence-electron chi connectivity index (χ4n) is 2.34. The second-order valence-electron chi connectivity index (χ2n) is 5.52. The zero-order valence-electron chi connectivity index (χ0n) is 13.2. The zero-order valence-corrected chi connectivity index (χ0v) is 13.2. The number of aryl methyl sites for hydroxylation is 1. The molecule has 3 rings (SSSR count). The molecule has 126 valence electrons. The summed E-state index contributed by atoms with van der Waals surface area (Å²) < 4.78 is 46.3. The molecular formula is C20H13F3O2. The molecule has 0 fully saturated rings. The predicted molar refractivity (Wildman–Crippen MR) is 87.9 cm³/mol. The van der Waals surface area contributed by atoms with Crippen molar-refractivity contribution in [3.63, 3.8) is 0 Å². The van der Waals surface area contributed by atoms with Gasteiger partial charge in [0.2, 0.25) is 0 Å². The third kappa shape index (κ3) is 3.71. The first-order valence-corrected chi connectivity index (χ1v) is 7.48. The van der Waals surface area contributed by atoms with Crippen molar-refractivity contribution in [2.24, 2.45) is 0 Å². The SMILES string of the molecule is Cc1ccc(-c2cc(F)c(C(=O)Oc3ccc(F)cc3)c(F)c2)cc1. The summed E-state index contributed by atoms with van der Waals surface area (Å²) >= 11 is 0. The minimum Gasteiger partial charge on any atom is -0.423 e. The molecule has 0 aliphatic heterocycles. The first-order chi connectivity index (χ1) is 11.9. The van der Waals surface area contributed by atoms with Crippen LogP contribution < -0.4 is 4.74 Å². The van der Waals surface area contributed by atoms with Crippen LogP contribution in [0, 0.1) is 24.4 Å². The Hall–Kier alpha value is -3.08. The van der Waals surface area contributed by atoms with Crippen LogP contribution in [0.1, 0.15) is 15.9 Å². The van der Waals surface area contributed by atoms with E-state index in [9.17, 15) is 18.0 Å². The van der Waals surface area contributed by atoms with Gasteiger partial charge in [-0.3, -0.25) is 0 Å². The third-order valence-electron chi connectivity index (χ3n) is 3.66. The van der Waals surface area contributed by atoms with E-state index in [0.29, 0.717) is 11.1 Å². The second-order valence-corrected chi connectivity index (χ2v) is 5.52. The standard InChI is InChI=1S/C20H13F3O2/c1-12-2-4-13(5-3-12)14-10-17(22)19(18(23)11-14)20(24)25-16-8-6-15(21)7-9-16/h2-11H,1H3. The molecule has 3 aromatic carbocycles. The van der Waals surface area contributed by atoms with Crippen LogP contribution in [0.2, 0.25) is 0 Å². The fraction of sp³-hybridized carbons (Fsp3) is 0.0500. The Bertz CT molecular complexity index is 894. The molecule has 0 bridgehead atoms. The molecule has 0 heterocycles. The van der Waals surface area contributed by atoms with E-state index < -0.39 is 29.0 Å². The van der Waals surface area contributed by atoms with E-state index in [1.54, 1.807) is 12.1 Å². The molecule has 0 aromatic heterocycles. The van der Waals surface area contributed by atoms with Crippen LogP contribution in [0.15, 0.2) is 60.7 Å². The lowest BCUT2D eigenvalue weighted by Crippen LogP contribution is -2.13. The average molecular weight is 342 g/mol. The monoisotopic (exact) mass is 342 g/mol. The van der Waals surface area contributed by atoms with Gasteiger partial charge < -0.3 is 4.74 Å². The molecule has 0 unspecified atom stereocenters. The van der Waals surface area contributed by atoms with Gasteiger partial charge in [0.05, 0.1) is 0 Å². The largest absolute Gasteiger partial charge is 0.423 e. The lowest BCUT2D eigenvalue weighted by atomic mass is 10.0. The molecule has 5 heteroatoms. The van der Waals surface area contributed by atoms with Crippen LogP contribution in [-0.2, 0) is 0 Å². The van der Waals surface area contributed by atoms with Gasteiger partial charge in [0.25, 0.3) is 0 Å². The van der Waals surface area contributed by atoms with Crippen molar-refractivity contribution in [1.29, 1.82) is 0 Å². The number of esters is 1. The van der Waals surface area contributed by atoms with E-state index in [2.05, 4.69) is 0 Å². The van der Waals surface area contributed by atoms with Crippen LogP contribution >= 0.6 is 0 Å². The average Bonchev–Trinajstić information content (AvgIpc) is 2.57. The minimum absolute atomic E-state index is 0.00666. The smallest absolute Gasteiger partial charge is 0.349 e. The van der Waals surface area contributed by atoms with E-state index in [0.717, 1.165) is 29.8 Å². The van der Waals surface area contributed by atoms with Crippen LogP contribution in [-0.4, -0.2) is 5.97 Å². The van der Waals surface area contributed by atoms with E-state index in [-0.39, 0.29) is 5.75 Å². The summed E-state index contributed by atoms with van der Waals surface area (Å²) in [6.45, 7) is 1.90. The van der Waals surface area contributed by atoms with Crippen LogP contribution in [0.4, 0.5) is 13.2 Å². The van der Waals surface area contributed by atoms with Crippen molar-refractivity contribution < 1.29 is 22.7 Å². The molecule has 0 aliphatic rings. The molecule has 0 atom stereocenters. The number of halogens is 3. The van der Waals surface area contributed by atoms with Crippen LogP contribution in [0.3, 0.4) is 0 Å². The Kier molecular flexibility index (Phi) is 4.57. The number of rotatable bonds is 3. The van der Waals surface area contributed by atoms with E-state index >= 15 is 0 Å². The molecule has 0 N–H and O–H groups in total. The van der Waals surface area contributed by atoms with Gasteiger partial charge in [-0.2, -0.15) is 0 Å². The Morgan fingerprint density at radius 1 is 0.800 bits per heavy atom. The molecule has 0 amide bonds. The highest BCUT2D eigenvalue weighted by Gasteiger charge is 2.21. The van der Waals surface area contributed by atoms with E-state index in [1.165, 1.54) is 12.1 Å². The van der Waals surface area contributed by atoms with Gasteiger partial charge in [-0.15, -0.1) is 0 Å². The predicted octanol–water partition coefficient (Wildman–Crippen LogP) is 5.30. The molecule has 0 radical (unpaired) electrons. The van der Waals surface area contributed by atoms with Crippen molar-refractivity contribution in [2.75, 3.05) is 0 Å². The molecule has 0 saturated heterocycles. The van der Waals surface area contributed by atoms with Gasteiger partial charge in [-0.25, -0.2) is 18.0 Å². The summed E-state index contributed by atoms with van der Waals surface area (Å²) in [7, 11) is 0. The lowest BCUT2D eigenvalue weighted by molar-refractivity contribution is 0.0724. The Morgan fingerprint density at radius 3 is 1.92 bits per heavy atom. The van der Waals surface area contributed by atoms with Gasteiger partial charge in [0, 0.05) is 0 Å². The highest BCUT2D eigenvalue weighted by Crippen LogP contribution is 2.26. The van der Waals surface area contributed by atoms with Crippen molar-refractivity contribution in [2.45, 2.75) is 6.92 Å². The fourth-order valence-corrected chi connectivity index (χ4v) is 2.34. The second kappa shape index (κ2) is 6.81. The van der Waals surface area contributed by atoms with Gasteiger partial charge in [0.1, 0.15) is 28.8 Å². The summed E-state index contributed by atoms with van der Waals surface area (Å²) in [5.74, 6) is -3.75. The van der Waals surface area contributed by atoms with Crippen molar-refractivity contribution in [3.05, 3.63) is 89.2 Å². The summed E-state index contributed by atoms with van der Waals surface area (Å²) in [6, 6.07) is 13.8. The summed E-state index contributed by atoms with van der Waals surface area (Å²) in [4.78, 5) is 12.0. The highest BCUT2D eigenvalue weighted by molar-refractivity contribution is 5.92. The quantitative estimate of drug-likeness (QED) is 0.477. The summed E-state index contributed by atoms with van der Waals surface area (Å²) in [6.07, 6.45) is 0. The van der Waals surface area contributed by atoms with Crippen LogP contribution in [0.25, 0.3) is 11.1 Å². The maximum atomic E-state index is 14.3. The Balaban J connectivity index is 1.90. The third-order valence-corrected chi connectivity index (χ3v) is 3.66. The summed E-state index contributed by atoms with van der Waals surface area (Å²) in [5.41, 5.74) is 1.17. The first kappa shape index (κ1) is 16.8. The topological polar surface area (TPSA) is 26.3 Å². The molecule has 2 nitrogen and oxygen atoms in total. The van der Waals surface area contributed by atoms with Gasteiger partial charge in [0.15, 0.2) is 0 Å². The number of benzene rings is 3. The lowest BCUT2D eigenvalue weighted by Gasteiger charge is -2.09. The van der Waals surface area contributed by atoms with Crippen molar-refractivity contribution >= 4 is 5.97 Å². The maximum absolute atomic E-state index is 14.3. The first-order valence-electron chi connectivity index (χ1n) is 7.48. The molecule has 0 saturated carbocycles. The van der Waals surface area contributed by atoms with E-state index in [4.69, 9.17) is 4.74 Å². The number of ether oxygens (including phenoxy) is 1. The van der Waals surface area contributed by atoms with Crippen LogP contribution in [0.5, 0.6) is 5.75 Å². The number of hydrogen-bond acceptors (Lipinski definition) is 2. The van der Waals surface area contributed by atoms with Gasteiger partial charge in [-0.05, 0) is 54.4 Å². The maximum Gasteiger partial charge on any atom is 0.349 e. The summed E-state index contributed by atoms with van der Waals surface area (Å²) in [5, 5.41) is 0. The minimum atomic E-state index is -1.18. The molecule has 0 spiro atoms. The van der Waals surface area contributed by atoms with Gasteiger partial charge in [-0.1, -0.05) is 29.8 Å². The molecule has 3 aromatic rings. The van der Waals surface area contributed by atoms with Gasteiger partial charge >= 0.3 is 5.97 Å². The molecule has 25 heavy (non-hydrogen) atoms. The number of hydrogen-bond donors (Lipinski definition) is 0. The van der Waals surface area contributed by atoms with Crippen molar-refractivity contribution in [1.82, 2.24) is 0 Å². The highest BCUT2D eigenvalue weighted by atomic mass is 19.1. The number of carbonyl (C=O) groups excluding carboxylic acids is 1. The Labute approximate surface area is 142 Å². The number of carbonyl (C=O) groups is 1.